The first-order valence-corrected chi connectivity index (χ1v) is 5.96. The van der Waals surface area contributed by atoms with E-state index < -0.39 is 12.1 Å². The molecular weight excluding hydrogens is 238 g/mol. The average Bonchev–Trinajstić information content (AvgIpc) is 2.30. The van der Waals surface area contributed by atoms with Crippen molar-refractivity contribution in [1.29, 1.82) is 0 Å². The van der Waals surface area contributed by atoms with Crippen LogP contribution in [0.3, 0.4) is 0 Å². The Balaban J connectivity index is 3.99. The molecule has 18 heavy (non-hydrogen) atoms. The summed E-state index contributed by atoms with van der Waals surface area (Å²) in [5, 5.41) is 19.9. The van der Waals surface area contributed by atoms with E-state index in [1.807, 2.05) is 25.9 Å². The number of carbonyl (C=O) groups is 2. The van der Waals surface area contributed by atoms with E-state index in [4.69, 9.17) is 10.2 Å². The van der Waals surface area contributed by atoms with Gasteiger partial charge in [-0.15, -0.1) is 0 Å². The molecule has 106 valence electrons. The molecule has 0 saturated heterocycles. The SMILES string of the molecule is CCN(CCCN(C)C)C(=O)NCC(O)C(=O)O. The number of amides is 2. The van der Waals surface area contributed by atoms with Crippen molar-refractivity contribution in [3.05, 3.63) is 0 Å². The Labute approximate surface area is 107 Å². The number of carbonyl (C=O) groups excluding carboxylic acids is 1. The minimum Gasteiger partial charge on any atom is -0.479 e. The van der Waals surface area contributed by atoms with Crippen LogP contribution in [0.15, 0.2) is 0 Å². The molecule has 1 unspecified atom stereocenters. The van der Waals surface area contributed by atoms with Gasteiger partial charge in [-0.25, -0.2) is 9.59 Å². The van der Waals surface area contributed by atoms with Crippen molar-refractivity contribution in [2.75, 3.05) is 40.3 Å². The van der Waals surface area contributed by atoms with E-state index in [-0.39, 0.29) is 12.6 Å². The zero-order valence-electron chi connectivity index (χ0n) is 11.2. The number of hydrogen-bond acceptors (Lipinski definition) is 4. The maximum atomic E-state index is 11.7. The van der Waals surface area contributed by atoms with Crippen LogP contribution in [0.1, 0.15) is 13.3 Å². The lowest BCUT2D eigenvalue weighted by molar-refractivity contribution is -0.146. The highest BCUT2D eigenvalue weighted by Crippen LogP contribution is 1.94. The van der Waals surface area contributed by atoms with Crippen LogP contribution >= 0.6 is 0 Å². The molecule has 7 nitrogen and oxygen atoms in total. The zero-order chi connectivity index (χ0) is 14.1. The fourth-order valence-corrected chi connectivity index (χ4v) is 1.36. The van der Waals surface area contributed by atoms with E-state index in [0.29, 0.717) is 13.1 Å². The molecule has 0 fully saturated rings. The van der Waals surface area contributed by atoms with Gasteiger partial charge in [-0.2, -0.15) is 0 Å². The number of hydrogen-bond donors (Lipinski definition) is 3. The molecule has 0 saturated carbocycles. The lowest BCUT2D eigenvalue weighted by atomic mass is 10.3. The Morgan fingerprint density at radius 2 is 1.89 bits per heavy atom. The molecule has 2 amide bonds. The summed E-state index contributed by atoms with van der Waals surface area (Å²) in [6.07, 6.45) is -0.718. The molecule has 0 bridgehead atoms. The van der Waals surface area contributed by atoms with Gasteiger partial charge in [0.25, 0.3) is 0 Å². The van der Waals surface area contributed by atoms with Crippen LogP contribution in [0.4, 0.5) is 4.79 Å². The van der Waals surface area contributed by atoms with Crippen LogP contribution < -0.4 is 5.32 Å². The average molecular weight is 261 g/mol. The second-order valence-electron chi connectivity index (χ2n) is 4.28. The number of carboxylic acids is 1. The van der Waals surface area contributed by atoms with Gasteiger partial charge < -0.3 is 25.3 Å². The minimum atomic E-state index is -1.56. The number of carboxylic acid groups (broad SMARTS) is 1. The van der Waals surface area contributed by atoms with Crippen molar-refractivity contribution in [3.8, 4) is 0 Å². The number of rotatable bonds is 8. The standard InChI is InChI=1S/C11H23N3O4/c1-4-14(7-5-6-13(2)3)11(18)12-8-9(15)10(16)17/h9,15H,4-8H2,1-3H3,(H,12,18)(H,16,17). The third-order valence-corrected chi connectivity index (χ3v) is 2.43. The summed E-state index contributed by atoms with van der Waals surface area (Å²) in [5.74, 6) is -1.34. The van der Waals surface area contributed by atoms with Crippen molar-refractivity contribution in [2.24, 2.45) is 0 Å². The number of aliphatic carboxylic acids is 1. The summed E-state index contributed by atoms with van der Waals surface area (Å²) in [4.78, 5) is 25.7. The second-order valence-corrected chi connectivity index (χ2v) is 4.28. The third-order valence-electron chi connectivity index (χ3n) is 2.43. The molecule has 1 atom stereocenters. The van der Waals surface area contributed by atoms with Gasteiger partial charge in [-0.1, -0.05) is 0 Å². The largest absolute Gasteiger partial charge is 0.479 e. The van der Waals surface area contributed by atoms with Gasteiger partial charge in [0.15, 0.2) is 6.10 Å². The Hall–Kier alpha value is -1.34. The van der Waals surface area contributed by atoms with E-state index >= 15 is 0 Å². The maximum absolute atomic E-state index is 11.7. The van der Waals surface area contributed by atoms with E-state index in [2.05, 4.69) is 5.32 Å². The monoisotopic (exact) mass is 261 g/mol. The molecule has 0 aromatic carbocycles. The summed E-state index contributed by atoms with van der Waals surface area (Å²) in [5.41, 5.74) is 0. The first-order chi connectivity index (χ1) is 8.38. The number of nitrogens with one attached hydrogen (secondary N) is 1. The normalized spacial score (nSPS) is 12.3. The Bertz CT molecular complexity index is 271. The highest BCUT2D eigenvalue weighted by atomic mass is 16.4. The van der Waals surface area contributed by atoms with Crippen molar-refractivity contribution in [2.45, 2.75) is 19.4 Å². The number of nitrogens with zero attached hydrogens (tertiary/aromatic N) is 2. The third kappa shape index (κ3) is 7.08. The lowest BCUT2D eigenvalue weighted by Gasteiger charge is -2.22. The van der Waals surface area contributed by atoms with Crippen LogP contribution in [0, 0.1) is 0 Å². The predicted molar refractivity (Wildman–Crippen MR) is 67.5 cm³/mol. The van der Waals surface area contributed by atoms with Gasteiger partial charge >= 0.3 is 12.0 Å². The molecule has 7 heteroatoms. The summed E-state index contributed by atoms with van der Waals surface area (Å²) in [7, 11) is 3.92. The molecule has 0 aromatic rings. The molecule has 0 spiro atoms. The van der Waals surface area contributed by atoms with Crippen LogP contribution in [0.25, 0.3) is 0 Å². The van der Waals surface area contributed by atoms with Crippen molar-refractivity contribution < 1.29 is 19.8 Å². The van der Waals surface area contributed by atoms with Gasteiger partial charge in [-0.05, 0) is 34.0 Å². The summed E-state index contributed by atoms with van der Waals surface area (Å²) in [6.45, 7) is 3.59. The zero-order valence-corrected chi connectivity index (χ0v) is 11.2. The minimum absolute atomic E-state index is 0.279. The molecule has 0 heterocycles. The fourth-order valence-electron chi connectivity index (χ4n) is 1.36. The summed E-state index contributed by atoms with van der Waals surface area (Å²) in [6, 6.07) is -0.350. The number of aliphatic hydroxyl groups excluding tert-OH is 1. The van der Waals surface area contributed by atoms with Gasteiger partial charge in [0.05, 0.1) is 6.54 Å². The van der Waals surface area contributed by atoms with Crippen LogP contribution in [-0.4, -0.2) is 78.4 Å². The molecule has 0 aliphatic rings. The smallest absolute Gasteiger partial charge is 0.334 e. The van der Waals surface area contributed by atoms with Crippen LogP contribution in [-0.2, 0) is 4.79 Å². The van der Waals surface area contributed by atoms with Gasteiger partial charge in [0.1, 0.15) is 0 Å². The summed E-state index contributed by atoms with van der Waals surface area (Å²) >= 11 is 0. The Morgan fingerprint density at radius 3 is 2.33 bits per heavy atom. The topological polar surface area (TPSA) is 93.1 Å². The Morgan fingerprint density at radius 1 is 1.28 bits per heavy atom. The van der Waals surface area contributed by atoms with Gasteiger partial charge in [-0.3, -0.25) is 0 Å². The van der Waals surface area contributed by atoms with Gasteiger partial charge in [0, 0.05) is 13.1 Å². The van der Waals surface area contributed by atoms with Gasteiger partial charge in [0.2, 0.25) is 0 Å². The quantitative estimate of drug-likeness (QED) is 0.543. The van der Waals surface area contributed by atoms with Crippen molar-refractivity contribution in [1.82, 2.24) is 15.1 Å². The van der Waals surface area contributed by atoms with Crippen molar-refractivity contribution >= 4 is 12.0 Å². The van der Waals surface area contributed by atoms with Crippen LogP contribution in [0.2, 0.25) is 0 Å². The first kappa shape index (κ1) is 16.7. The molecule has 0 aromatic heterocycles. The molecule has 0 aliphatic heterocycles. The highest BCUT2D eigenvalue weighted by Gasteiger charge is 2.16. The molecule has 0 rings (SSSR count). The summed E-state index contributed by atoms with van der Waals surface area (Å²) < 4.78 is 0. The fraction of sp³-hybridized carbons (Fsp3) is 0.818. The lowest BCUT2D eigenvalue weighted by Crippen LogP contribution is -2.45. The maximum Gasteiger partial charge on any atom is 0.334 e. The molecule has 3 N–H and O–H groups in total. The van der Waals surface area contributed by atoms with E-state index in [1.165, 1.54) is 0 Å². The van der Waals surface area contributed by atoms with Crippen molar-refractivity contribution in [3.63, 3.8) is 0 Å². The van der Waals surface area contributed by atoms with E-state index in [0.717, 1.165) is 13.0 Å². The van der Waals surface area contributed by atoms with E-state index in [1.54, 1.807) is 4.90 Å². The predicted octanol–water partition coefficient (Wildman–Crippen LogP) is -0.585. The highest BCUT2D eigenvalue weighted by molar-refractivity contribution is 5.76. The first-order valence-electron chi connectivity index (χ1n) is 5.96. The number of urea groups is 1. The van der Waals surface area contributed by atoms with Crippen LogP contribution in [0.5, 0.6) is 0 Å². The molecule has 0 aliphatic carbocycles. The molecular formula is C11H23N3O4. The Kier molecular flexibility index (Phi) is 8.06. The van der Waals surface area contributed by atoms with E-state index in [9.17, 15) is 9.59 Å². The second kappa shape index (κ2) is 8.71. The number of aliphatic hydroxyl groups is 1. The molecule has 0 radical (unpaired) electrons.